The molecule has 1 fully saturated rings. The third-order valence-electron chi connectivity index (χ3n) is 3.57. The Bertz CT molecular complexity index is 598. The molecule has 1 saturated carbocycles. The van der Waals surface area contributed by atoms with Crippen LogP contribution in [0, 0.1) is 5.92 Å². The van der Waals surface area contributed by atoms with Crippen LogP contribution in [0.3, 0.4) is 0 Å². The minimum atomic E-state index is 0.204. The van der Waals surface area contributed by atoms with Gasteiger partial charge in [0.15, 0.2) is 0 Å². The maximum absolute atomic E-state index is 5.74. The van der Waals surface area contributed by atoms with Crippen molar-refractivity contribution in [3.8, 4) is 0 Å². The first kappa shape index (κ1) is 11.7. The van der Waals surface area contributed by atoms with Crippen molar-refractivity contribution in [3.63, 3.8) is 0 Å². The van der Waals surface area contributed by atoms with Crippen molar-refractivity contribution in [1.82, 2.24) is 9.55 Å². The Morgan fingerprint density at radius 1 is 1.50 bits per heavy atom. The van der Waals surface area contributed by atoms with Crippen LogP contribution in [0.5, 0.6) is 0 Å². The number of thiocarbonyl (C=S) groups is 1. The van der Waals surface area contributed by atoms with Gasteiger partial charge in [0.1, 0.15) is 5.82 Å². The van der Waals surface area contributed by atoms with E-state index >= 15 is 0 Å². The zero-order valence-corrected chi connectivity index (χ0v) is 11.3. The quantitative estimate of drug-likeness (QED) is 0.859. The van der Waals surface area contributed by atoms with Crippen LogP contribution < -0.4 is 5.73 Å². The summed E-state index contributed by atoms with van der Waals surface area (Å²) < 4.78 is 2.30. The molecule has 0 saturated heterocycles. The first-order chi connectivity index (χ1) is 8.66. The summed E-state index contributed by atoms with van der Waals surface area (Å²) in [5, 5.41) is 0. The molecule has 1 aliphatic rings. The van der Waals surface area contributed by atoms with Crippen molar-refractivity contribution in [2.45, 2.75) is 32.2 Å². The fourth-order valence-electron chi connectivity index (χ4n) is 2.30. The summed E-state index contributed by atoms with van der Waals surface area (Å²) in [6.45, 7) is 2.91. The molecule has 94 valence electrons. The van der Waals surface area contributed by atoms with E-state index in [2.05, 4.69) is 29.7 Å². The lowest BCUT2D eigenvalue weighted by Crippen LogP contribution is -2.23. The summed E-state index contributed by atoms with van der Waals surface area (Å²) >= 11 is 5.08. The maximum Gasteiger partial charge on any atom is 0.113 e. The monoisotopic (exact) mass is 259 g/mol. The van der Waals surface area contributed by atoms with Gasteiger partial charge in [-0.05, 0) is 25.0 Å². The Morgan fingerprint density at radius 2 is 2.22 bits per heavy atom. The largest absolute Gasteiger partial charge is 0.393 e. The average Bonchev–Trinajstić information content (AvgIpc) is 3.13. The molecular weight excluding hydrogens is 242 g/mol. The molecule has 0 radical (unpaired) electrons. The molecule has 1 heterocycles. The predicted molar refractivity (Wildman–Crippen MR) is 77.7 cm³/mol. The first-order valence-corrected chi connectivity index (χ1v) is 6.82. The van der Waals surface area contributed by atoms with E-state index in [0.717, 1.165) is 12.1 Å². The molecule has 0 spiro atoms. The lowest BCUT2D eigenvalue weighted by Gasteiger charge is -2.14. The molecule has 3 nitrogen and oxygen atoms in total. The van der Waals surface area contributed by atoms with E-state index in [4.69, 9.17) is 22.9 Å². The van der Waals surface area contributed by atoms with Gasteiger partial charge in [-0.2, -0.15) is 0 Å². The molecule has 1 atom stereocenters. The molecule has 1 unspecified atom stereocenters. The van der Waals surface area contributed by atoms with Crippen molar-refractivity contribution in [2.75, 3.05) is 0 Å². The van der Waals surface area contributed by atoms with Crippen molar-refractivity contribution in [2.24, 2.45) is 11.7 Å². The Labute approximate surface area is 112 Å². The topological polar surface area (TPSA) is 43.8 Å². The third-order valence-corrected chi connectivity index (χ3v) is 3.97. The highest BCUT2D eigenvalue weighted by Gasteiger charge is 2.29. The van der Waals surface area contributed by atoms with Gasteiger partial charge in [-0.15, -0.1) is 0 Å². The van der Waals surface area contributed by atoms with Gasteiger partial charge in [0.2, 0.25) is 0 Å². The highest BCUT2D eigenvalue weighted by molar-refractivity contribution is 7.80. The number of nitrogens with two attached hydrogens (primary N) is 1. The highest BCUT2D eigenvalue weighted by Crippen LogP contribution is 2.40. The van der Waals surface area contributed by atoms with E-state index in [0.29, 0.717) is 10.9 Å². The van der Waals surface area contributed by atoms with Gasteiger partial charge in [-0.3, -0.25) is 0 Å². The molecule has 0 amide bonds. The molecule has 1 aromatic carbocycles. The zero-order chi connectivity index (χ0) is 12.7. The van der Waals surface area contributed by atoms with Crippen LogP contribution in [-0.4, -0.2) is 14.5 Å². The summed E-state index contributed by atoms with van der Waals surface area (Å²) in [5.41, 5.74) is 8.01. The number of nitrogens with zero attached hydrogens (tertiary/aromatic N) is 2. The molecule has 4 heteroatoms. The number of rotatable bonds is 4. The number of hydrogen-bond donors (Lipinski definition) is 1. The van der Waals surface area contributed by atoms with E-state index in [1.807, 2.05) is 6.07 Å². The summed E-state index contributed by atoms with van der Waals surface area (Å²) in [7, 11) is 0. The molecule has 3 rings (SSSR count). The number of para-hydroxylation sites is 2. The van der Waals surface area contributed by atoms with Crippen LogP contribution >= 0.6 is 12.2 Å². The average molecular weight is 259 g/mol. The van der Waals surface area contributed by atoms with Crippen LogP contribution in [0.15, 0.2) is 24.3 Å². The Hall–Kier alpha value is -1.42. The van der Waals surface area contributed by atoms with E-state index in [1.165, 1.54) is 24.2 Å². The molecule has 1 aromatic heterocycles. The van der Waals surface area contributed by atoms with Gasteiger partial charge in [-0.25, -0.2) is 4.98 Å². The summed E-state index contributed by atoms with van der Waals surface area (Å²) in [5.74, 6) is 2.05. The molecule has 0 aliphatic heterocycles. The lowest BCUT2D eigenvalue weighted by molar-refractivity contribution is 0.587. The second-order valence-corrected chi connectivity index (χ2v) is 5.62. The first-order valence-electron chi connectivity index (χ1n) is 6.41. The normalized spacial score (nSPS) is 16.9. The number of imidazole rings is 1. The number of hydrogen-bond acceptors (Lipinski definition) is 2. The third kappa shape index (κ3) is 2.01. The van der Waals surface area contributed by atoms with E-state index < -0.39 is 0 Å². The summed E-state index contributed by atoms with van der Waals surface area (Å²) in [6.07, 6.45) is 2.51. The van der Waals surface area contributed by atoms with E-state index in [1.54, 1.807) is 0 Å². The standard InChI is InChI=1S/C14H17N3S/c1-9(13(15)18)8-17-12-5-3-2-4-11(12)16-14(17)10-6-7-10/h2-5,9-10H,6-8H2,1H3,(H2,15,18). The lowest BCUT2D eigenvalue weighted by atomic mass is 10.1. The molecule has 2 N–H and O–H groups in total. The second-order valence-electron chi connectivity index (χ2n) is 5.15. The van der Waals surface area contributed by atoms with Gasteiger partial charge < -0.3 is 10.3 Å². The minimum Gasteiger partial charge on any atom is -0.393 e. The van der Waals surface area contributed by atoms with Gasteiger partial charge in [0, 0.05) is 18.4 Å². The van der Waals surface area contributed by atoms with Crippen molar-refractivity contribution in [1.29, 1.82) is 0 Å². The zero-order valence-electron chi connectivity index (χ0n) is 10.5. The molecule has 2 aromatic rings. The van der Waals surface area contributed by atoms with Gasteiger partial charge in [-0.1, -0.05) is 31.3 Å². The molecule has 0 bridgehead atoms. The second kappa shape index (κ2) is 4.35. The van der Waals surface area contributed by atoms with Crippen LogP contribution in [0.25, 0.3) is 11.0 Å². The van der Waals surface area contributed by atoms with Crippen molar-refractivity contribution < 1.29 is 0 Å². The van der Waals surface area contributed by atoms with Crippen molar-refractivity contribution in [3.05, 3.63) is 30.1 Å². The maximum atomic E-state index is 5.74. The molecule has 1 aliphatic carbocycles. The smallest absolute Gasteiger partial charge is 0.113 e. The highest BCUT2D eigenvalue weighted by atomic mass is 32.1. The van der Waals surface area contributed by atoms with Crippen LogP contribution in [0.1, 0.15) is 31.5 Å². The SMILES string of the molecule is CC(Cn1c(C2CC2)nc2ccccc21)C(N)=S. The van der Waals surface area contributed by atoms with Crippen LogP contribution in [0.2, 0.25) is 0 Å². The summed E-state index contributed by atoms with van der Waals surface area (Å²) in [4.78, 5) is 5.34. The van der Waals surface area contributed by atoms with E-state index in [9.17, 15) is 0 Å². The fourth-order valence-corrected chi connectivity index (χ4v) is 2.38. The van der Waals surface area contributed by atoms with Gasteiger partial charge in [0.25, 0.3) is 0 Å². The fraction of sp³-hybridized carbons (Fsp3) is 0.429. The predicted octanol–water partition coefficient (Wildman–Crippen LogP) is 2.84. The van der Waals surface area contributed by atoms with Gasteiger partial charge in [0.05, 0.1) is 16.0 Å². The molecular formula is C14H17N3S. The van der Waals surface area contributed by atoms with Crippen molar-refractivity contribution >= 4 is 28.2 Å². The number of aromatic nitrogens is 2. The molecule has 18 heavy (non-hydrogen) atoms. The Kier molecular flexibility index (Phi) is 2.82. The number of fused-ring (bicyclic) bond motifs is 1. The Balaban J connectivity index is 2.06. The summed E-state index contributed by atoms with van der Waals surface area (Å²) in [6, 6.07) is 8.29. The van der Waals surface area contributed by atoms with Crippen LogP contribution in [0.4, 0.5) is 0 Å². The van der Waals surface area contributed by atoms with E-state index in [-0.39, 0.29) is 5.92 Å². The van der Waals surface area contributed by atoms with Gasteiger partial charge >= 0.3 is 0 Å². The van der Waals surface area contributed by atoms with Crippen LogP contribution in [-0.2, 0) is 6.54 Å². The minimum absolute atomic E-state index is 0.204. The number of benzene rings is 1. The Morgan fingerprint density at radius 3 is 2.89 bits per heavy atom.